The molecule has 17 heavy (non-hydrogen) atoms. The van der Waals surface area contributed by atoms with Crippen LogP contribution in [0.4, 0.5) is 5.95 Å². The van der Waals surface area contributed by atoms with Gasteiger partial charge >= 0.3 is 0 Å². The molecule has 0 atom stereocenters. The Morgan fingerprint density at radius 3 is 2.88 bits per heavy atom. The minimum absolute atomic E-state index is 0.0232. The van der Waals surface area contributed by atoms with Crippen LogP contribution in [0.2, 0.25) is 0 Å². The quantitative estimate of drug-likeness (QED) is 0.580. The van der Waals surface area contributed by atoms with Crippen molar-refractivity contribution < 1.29 is 0 Å². The molecule has 0 unspecified atom stereocenters. The van der Waals surface area contributed by atoms with E-state index in [2.05, 4.69) is 25.6 Å². The number of tetrazole rings is 1. The Kier molecular flexibility index (Phi) is 1.87. The van der Waals surface area contributed by atoms with Crippen LogP contribution in [0.25, 0.3) is 16.9 Å². The van der Waals surface area contributed by atoms with Crippen LogP contribution in [0.1, 0.15) is 0 Å². The molecule has 0 amide bonds. The van der Waals surface area contributed by atoms with Crippen molar-refractivity contribution in [1.29, 1.82) is 0 Å². The first-order valence-electron chi connectivity index (χ1n) is 4.78. The van der Waals surface area contributed by atoms with E-state index in [1.807, 2.05) is 0 Å². The number of nitrogen functional groups attached to an aromatic ring is 1. The van der Waals surface area contributed by atoms with Crippen LogP contribution in [-0.2, 0) is 0 Å². The Morgan fingerprint density at radius 1 is 1.29 bits per heavy atom. The summed E-state index contributed by atoms with van der Waals surface area (Å²) in [6.07, 6.45) is 0. The van der Waals surface area contributed by atoms with Crippen LogP contribution in [0, 0.1) is 0 Å². The fourth-order valence-electron chi connectivity index (χ4n) is 1.59. The van der Waals surface area contributed by atoms with E-state index in [1.165, 1.54) is 0 Å². The number of nitrogens with zero attached hydrogens (tertiary/aromatic N) is 5. The molecular formula is C9H7N7O. The number of rotatable bonds is 1. The molecule has 2 aromatic heterocycles. The average molecular weight is 229 g/mol. The zero-order valence-corrected chi connectivity index (χ0v) is 8.53. The lowest BCUT2D eigenvalue weighted by Gasteiger charge is -2.05. The minimum Gasteiger partial charge on any atom is -0.369 e. The zero-order chi connectivity index (χ0) is 11.8. The lowest BCUT2D eigenvalue weighted by Crippen LogP contribution is -2.24. The molecule has 0 spiro atoms. The first-order chi connectivity index (χ1) is 8.27. The highest BCUT2D eigenvalue weighted by Gasteiger charge is 2.12. The molecule has 0 saturated carbocycles. The van der Waals surface area contributed by atoms with Gasteiger partial charge in [0.15, 0.2) is 0 Å². The van der Waals surface area contributed by atoms with E-state index in [9.17, 15) is 4.79 Å². The molecule has 0 aliphatic carbocycles. The number of fused-ring (bicyclic) bond motifs is 1. The summed E-state index contributed by atoms with van der Waals surface area (Å²) in [6.45, 7) is 0. The molecule has 0 aliphatic heterocycles. The van der Waals surface area contributed by atoms with Gasteiger partial charge in [0.1, 0.15) is 0 Å². The molecule has 1 aromatic carbocycles. The number of anilines is 1. The smallest absolute Gasteiger partial charge is 0.279 e. The molecule has 0 radical (unpaired) electrons. The van der Waals surface area contributed by atoms with Crippen molar-refractivity contribution in [3.05, 3.63) is 34.6 Å². The van der Waals surface area contributed by atoms with Crippen LogP contribution < -0.4 is 11.3 Å². The fourth-order valence-corrected chi connectivity index (χ4v) is 1.59. The molecule has 3 aromatic rings. The monoisotopic (exact) mass is 229 g/mol. The third-order valence-corrected chi connectivity index (χ3v) is 2.34. The van der Waals surface area contributed by atoms with E-state index in [0.717, 1.165) is 4.57 Å². The summed E-state index contributed by atoms with van der Waals surface area (Å²) < 4.78 is 1.10. The third-order valence-electron chi connectivity index (χ3n) is 2.34. The molecule has 84 valence electrons. The van der Waals surface area contributed by atoms with Crippen molar-refractivity contribution in [3.8, 4) is 5.95 Å². The van der Waals surface area contributed by atoms with Gasteiger partial charge in [-0.2, -0.15) is 5.21 Å². The van der Waals surface area contributed by atoms with Crippen molar-refractivity contribution in [2.45, 2.75) is 0 Å². The van der Waals surface area contributed by atoms with E-state index in [0.29, 0.717) is 10.9 Å². The lowest BCUT2D eigenvalue weighted by molar-refractivity contribution is 0.881. The molecule has 8 nitrogen and oxygen atoms in total. The largest absolute Gasteiger partial charge is 0.369 e. The summed E-state index contributed by atoms with van der Waals surface area (Å²) in [6, 6.07) is 6.92. The molecule has 3 rings (SSSR count). The zero-order valence-electron chi connectivity index (χ0n) is 8.53. The summed E-state index contributed by atoms with van der Waals surface area (Å²) in [5.41, 5.74) is 5.92. The maximum Gasteiger partial charge on any atom is 0.279 e. The van der Waals surface area contributed by atoms with Gasteiger partial charge in [0.2, 0.25) is 5.95 Å². The number of aromatic amines is 1. The molecule has 0 aliphatic rings. The molecule has 0 bridgehead atoms. The van der Waals surface area contributed by atoms with Crippen LogP contribution in [0.3, 0.4) is 0 Å². The van der Waals surface area contributed by atoms with Crippen LogP contribution in [0.15, 0.2) is 29.1 Å². The summed E-state index contributed by atoms with van der Waals surface area (Å²) in [5, 5.41) is 13.5. The van der Waals surface area contributed by atoms with Crippen LogP contribution in [0.5, 0.6) is 0 Å². The number of benzene rings is 1. The van der Waals surface area contributed by atoms with Crippen LogP contribution >= 0.6 is 0 Å². The SMILES string of the molecule is Nc1nc2ccccc2c(=O)n1-c1nn[nH]n1. The number of aromatic nitrogens is 6. The van der Waals surface area contributed by atoms with Gasteiger partial charge in [-0.1, -0.05) is 17.2 Å². The molecule has 0 fully saturated rings. The van der Waals surface area contributed by atoms with E-state index in [1.54, 1.807) is 24.3 Å². The Hall–Kier alpha value is -2.77. The van der Waals surface area contributed by atoms with Gasteiger partial charge in [0, 0.05) is 0 Å². The predicted molar refractivity (Wildman–Crippen MR) is 59.5 cm³/mol. The maximum atomic E-state index is 12.2. The Balaban J connectivity index is 2.44. The normalized spacial score (nSPS) is 10.8. The second-order valence-corrected chi connectivity index (χ2v) is 3.34. The van der Waals surface area contributed by atoms with E-state index >= 15 is 0 Å². The maximum absolute atomic E-state index is 12.2. The van der Waals surface area contributed by atoms with Gasteiger partial charge in [-0.15, -0.1) is 5.10 Å². The van der Waals surface area contributed by atoms with Gasteiger partial charge in [0.05, 0.1) is 10.9 Å². The number of para-hydroxylation sites is 1. The average Bonchev–Trinajstić information content (AvgIpc) is 2.83. The predicted octanol–water partition coefficient (Wildman–Crippen LogP) is -0.519. The first kappa shape index (κ1) is 9.46. The molecule has 0 saturated heterocycles. The van der Waals surface area contributed by atoms with Crippen LogP contribution in [-0.4, -0.2) is 30.2 Å². The number of nitrogens with two attached hydrogens (primary N) is 1. The molecule has 8 heteroatoms. The van der Waals surface area contributed by atoms with Crippen molar-refractivity contribution in [1.82, 2.24) is 30.2 Å². The Morgan fingerprint density at radius 2 is 2.12 bits per heavy atom. The fraction of sp³-hybridized carbons (Fsp3) is 0. The molecule has 3 N–H and O–H groups in total. The third kappa shape index (κ3) is 1.34. The summed E-state index contributed by atoms with van der Waals surface area (Å²) >= 11 is 0. The second kappa shape index (κ2) is 3.37. The van der Waals surface area contributed by atoms with Crippen molar-refractivity contribution in [3.63, 3.8) is 0 Å². The van der Waals surface area contributed by atoms with Gasteiger partial charge in [-0.25, -0.2) is 9.55 Å². The van der Waals surface area contributed by atoms with Crippen molar-refractivity contribution in [2.24, 2.45) is 0 Å². The van der Waals surface area contributed by atoms with Crippen molar-refractivity contribution in [2.75, 3.05) is 5.73 Å². The highest BCUT2D eigenvalue weighted by molar-refractivity contribution is 5.78. The van der Waals surface area contributed by atoms with Gasteiger partial charge in [0.25, 0.3) is 11.5 Å². The number of nitrogens with one attached hydrogen (secondary N) is 1. The van der Waals surface area contributed by atoms with E-state index in [4.69, 9.17) is 5.73 Å². The first-order valence-corrected chi connectivity index (χ1v) is 4.78. The highest BCUT2D eigenvalue weighted by Crippen LogP contribution is 2.10. The summed E-state index contributed by atoms with van der Waals surface area (Å²) in [7, 11) is 0. The van der Waals surface area contributed by atoms with Gasteiger partial charge < -0.3 is 5.73 Å². The standard InChI is InChI=1S/C9H7N7O/c10-8-11-6-4-2-1-3-5(6)7(17)16(8)9-12-14-15-13-9/h1-4H,(H2,10,11)(H,12,13,14,15). The summed E-state index contributed by atoms with van der Waals surface area (Å²) in [5.74, 6) is 0.0980. The van der Waals surface area contributed by atoms with Crippen molar-refractivity contribution >= 4 is 16.9 Å². The highest BCUT2D eigenvalue weighted by atomic mass is 16.1. The van der Waals surface area contributed by atoms with Gasteiger partial charge in [-0.05, 0) is 17.3 Å². The number of hydrogen-bond acceptors (Lipinski definition) is 6. The second-order valence-electron chi connectivity index (χ2n) is 3.34. The topological polar surface area (TPSA) is 115 Å². The number of hydrogen-bond donors (Lipinski definition) is 2. The van der Waals surface area contributed by atoms with E-state index < -0.39 is 0 Å². The molecular weight excluding hydrogens is 222 g/mol. The van der Waals surface area contributed by atoms with Gasteiger partial charge in [-0.3, -0.25) is 4.79 Å². The van der Waals surface area contributed by atoms with E-state index in [-0.39, 0.29) is 17.5 Å². The lowest BCUT2D eigenvalue weighted by atomic mass is 10.2. The summed E-state index contributed by atoms with van der Waals surface area (Å²) in [4.78, 5) is 16.3. The minimum atomic E-state index is -0.325. The Labute approximate surface area is 94.1 Å². The Bertz CT molecular complexity index is 731. The number of H-pyrrole nitrogens is 1. The molecule has 2 heterocycles.